The molecule has 84 valence electrons. The number of aromatic nitrogens is 1. The molecule has 0 aliphatic heterocycles. The second-order valence-electron chi connectivity index (χ2n) is 3.55. The van der Waals surface area contributed by atoms with Crippen LogP contribution < -0.4 is 10.5 Å². The predicted octanol–water partition coefficient (Wildman–Crippen LogP) is 1.52. The monoisotopic (exact) mass is 210 g/mol. The van der Waals surface area contributed by atoms with Gasteiger partial charge in [-0.15, -0.1) is 0 Å². The van der Waals surface area contributed by atoms with Crippen LogP contribution in [0, 0.1) is 0 Å². The van der Waals surface area contributed by atoms with Gasteiger partial charge in [0, 0.05) is 19.3 Å². The summed E-state index contributed by atoms with van der Waals surface area (Å²) in [4.78, 5) is 4.06. The lowest BCUT2D eigenvalue weighted by Crippen LogP contribution is -2.18. The minimum Gasteiger partial charge on any atom is -0.495 e. The van der Waals surface area contributed by atoms with Gasteiger partial charge in [-0.3, -0.25) is 4.98 Å². The summed E-state index contributed by atoms with van der Waals surface area (Å²) in [6.07, 6.45) is 4.34. The van der Waals surface area contributed by atoms with E-state index in [1.807, 2.05) is 13.0 Å². The Bertz CT molecular complexity index is 304. The van der Waals surface area contributed by atoms with Crippen LogP contribution >= 0.6 is 0 Å². The molecule has 2 N–H and O–H groups in total. The lowest BCUT2D eigenvalue weighted by molar-refractivity contribution is 0.104. The van der Waals surface area contributed by atoms with E-state index in [1.165, 1.54) is 0 Å². The fourth-order valence-corrected chi connectivity index (χ4v) is 1.34. The third-order valence-corrected chi connectivity index (χ3v) is 2.39. The Labute approximate surface area is 90.4 Å². The Balaban J connectivity index is 2.68. The number of rotatable bonds is 5. The highest BCUT2D eigenvalue weighted by Crippen LogP contribution is 2.19. The molecule has 1 aromatic heterocycles. The molecular weight excluding hydrogens is 192 g/mol. The standard InChI is InChI=1S/C11H18N2O2/c1-8(14-2)4-11(12)9-5-10(15-3)7-13-6-9/h5-8,11H,4,12H2,1-3H3. The number of pyridine rings is 1. The van der Waals surface area contributed by atoms with E-state index in [2.05, 4.69) is 4.98 Å². The second-order valence-corrected chi connectivity index (χ2v) is 3.55. The maximum Gasteiger partial charge on any atom is 0.137 e. The summed E-state index contributed by atoms with van der Waals surface area (Å²) in [5.41, 5.74) is 6.99. The lowest BCUT2D eigenvalue weighted by Gasteiger charge is -2.16. The zero-order valence-electron chi connectivity index (χ0n) is 9.43. The first-order chi connectivity index (χ1) is 7.17. The summed E-state index contributed by atoms with van der Waals surface area (Å²) in [5, 5.41) is 0. The van der Waals surface area contributed by atoms with E-state index in [0.717, 1.165) is 17.7 Å². The molecule has 4 nitrogen and oxygen atoms in total. The van der Waals surface area contributed by atoms with Crippen molar-refractivity contribution in [2.45, 2.75) is 25.5 Å². The van der Waals surface area contributed by atoms with Gasteiger partial charge < -0.3 is 15.2 Å². The molecule has 4 heteroatoms. The zero-order valence-corrected chi connectivity index (χ0v) is 9.43. The highest BCUT2D eigenvalue weighted by molar-refractivity contribution is 5.25. The molecule has 0 aromatic carbocycles. The zero-order chi connectivity index (χ0) is 11.3. The van der Waals surface area contributed by atoms with Crippen LogP contribution in [-0.2, 0) is 4.74 Å². The van der Waals surface area contributed by atoms with Gasteiger partial charge in [-0.05, 0) is 25.0 Å². The molecular formula is C11H18N2O2. The van der Waals surface area contributed by atoms with Crippen molar-refractivity contribution in [1.82, 2.24) is 4.98 Å². The molecule has 0 radical (unpaired) electrons. The average Bonchev–Trinajstić information content (AvgIpc) is 2.28. The molecule has 0 bridgehead atoms. The Hall–Kier alpha value is -1.13. The first-order valence-electron chi connectivity index (χ1n) is 4.94. The van der Waals surface area contributed by atoms with Crippen molar-refractivity contribution >= 4 is 0 Å². The van der Waals surface area contributed by atoms with Crippen LogP contribution in [0.5, 0.6) is 5.75 Å². The van der Waals surface area contributed by atoms with Crippen LogP contribution in [0.1, 0.15) is 24.9 Å². The molecule has 15 heavy (non-hydrogen) atoms. The summed E-state index contributed by atoms with van der Waals surface area (Å²) in [6, 6.07) is 1.84. The summed E-state index contributed by atoms with van der Waals surface area (Å²) < 4.78 is 10.3. The minimum atomic E-state index is -0.0671. The van der Waals surface area contributed by atoms with Gasteiger partial charge in [0.2, 0.25) is 0 Å². The second kappa shape index (κ2) is 5.68. The highest BCUT2D eigenvalue weighted by Gasteiger charge is 2.11. The number of hydrogen-bond acceptors (Lipinski definition) is 4. The van der Waals surface area contributed by atoms with E-state index in [4.69, 9.17) is 15.2 Å². The summed E-state index contributed by atoms with van der Waals surface area (Å²) in [7, 11) is 3.30. The van der Waals surface area contributed by atoms with Crippen LogP contribution in [0.2, 0.25) is 0 Å². The predicted molar refractivity (Wildman–Crippen MR) is 58.8 cm³/mol. The lowest BCUT2D eigenvalue weighted by atomic mass is 10.0. The first-order valence-corrected chi connectivity index (χ1v) is 4.94. The van der Waals surface area contributed by atoms with Gasteiger partial charge in [0.05, 0.1) is 19.4 Å². The Morgan fingerprint density at radius 2 is 2.13 bits per heavy atom. The number of methoxy groups -OCH3 is 2. The Kier molecular flexibility index (Phi) is 4.52. The summed E-state index contributed by atoms with van der Waals surface area (Å²) in [5.74, 6) is 0.730. The minimum absolute atomic E-state index is 0.0671. The average molecular weight is 210 g/mol. The van der Waals surface area contributed by atoms with Crippen molar-refractivity contribution < 1.29 is 9.47 Å². The fraction of sp³-hybridized carbons (Fsp3) is 0.545. The summed E-state index contributed by atoms with van der Waals surface area (Å²) in [6.45, 7) is 1.99. The molecule has 0 saturated carbocycles. The number of ether oxygens (including phenoxy) is 2. The molecule has 1 heterocycles. The van der Waals surface area contributed by atoms with Crippen molar-refractivity contribution in [2.24, 2.45) is 5.73 Å². The smallest absolute Gasteiger partial charge is 0.137 e. The molecule has 1 aromatic rings. The maximum absolute atomic E-state index is 6.02. The van der Waals surface area contributed by atoms with Crippen LogP contribution in [0.25, 0.3) is 0 Å². The van der Waals surface area contributed by atoms with Crippen LogP contribution in [0.4, 0.5) is 0 Å². The normalized spacial score (nSPS) is 14.7. The molecule has 1 rings (SSSR count). The van der Waals surface area contributed by atoms with Crippen molar-refractivity contribution in [3.05, 3.63) is 24.0 Å². The molecule has 0 aliphatic carbocycles. The quantitative estimate of drug-likeness (QED) is 0.800. The molecule has 2 unspecified atom stereocenters. The maximum atomic E-state index is 6.02. The number of hydrogen-bond donors (Lipinski definition) is 1. The van der Waals surface area contributed by atoms with Crippen molar-refractivity contribution in [3.63, 3.8) is 0 Å². The van der Waals surface area contributed by atoms with Crippen LogP contribution in [0.3, 0.4) is 0 Å². The van der Waals surface area contributed by atoms with Gasteiger partial charge in [-0.2, -0.15) is 0 Å². The van der Waals surface area contributed by atoms with E-state index in [9.17, 15) is 0 Å². The number of nitrogens with zero attached hydrogens (tertiary/aromatic N) is 1. The third kappa shape index (κ3) is 3.49. The largest absolute Gasteiger partial charge is 0.495 e. The highest BCUT2D eigenvalue weighted by atomic mass is 16.5. The summed E-state index contributed by atoms with van der Waals surface area (Å²) >= 11 is 0. The van der Waals surface area contributed by atoms with Gasteiger partial charge in [0.15, 0.2) is 0 Å². The SMILES string of the molecule is COc1cncc(C(N)CC(C)OC)c1. The topological polar surface area (TPSA) is 57.4 Å². The molecule has 0 aliphatic rings. The van der Waals surface area contributed by atoms with E-state index in [-0.39, 0.29) is 12.1 Å². The molecule has 0 spiro atoms. The van der Waals surface area contributed by atoms with Gasteiger partial charge in [-0.1, -0.05) is 0 Å². The van der Waals surface area contributed by atoms with Gasteiger partial charge >= 0.3 is 0 Å². The fourth-order valence-electron chi connectivity index (χ4n) is 1.34. The third-order valence-electron chi connectivity index (χ3n) is 2.39. The Morgan fingerprint density at radius 1 is 1.40 bits per heavy atom. The van der Waals surface area contributed by atoms with E-state index in [0.29, 0.717) is 0 Å². The number of nitrogens with two attached hydrogens (primary N) is 1. The van der Waals surface area contributed by atoms with Crippen molar-refractivity contribution in [2.75, 3.05) is 14.2 Å². The van der Waals surface area contributed by atoms with Crippen molar-refractivity contribution in [1.29, 1.82) is 0 Å². The van der Waals surface area contributed by atoms with Gasteiger partial charge in [0.1, 0.15) is 5.75 Å². The van der Waals surface area contributed by atoms with Gasteiger partial charge in [0.25, 0.3) is 0 Å². The molecule has 2 atom stereocenters. The van der Waals surface area contributed by atoms with Crippen molar-refractivity contribution in [3.8, 4) is 5.75 Å². The first kappa shape index (κ1) is 11.9. The van der Waals surface area contributed by atoms with E-state index in [1.54, 1.807) is 26.6 Å². The van der Waals surface area contributed by atoms with E-state index < -0.39 is 0 Å². The van der Waals surface area contributed by atoms with Crippen LogP contribution in [-0.4, -0.2) is 25.3 Å². The molecule has 0 amide bonds. The Morgan fingerprint density at radius 3 is 2.73 bits per heavy atom. The van der Waals surface area contributed by atoms with Gasteiger partial charge in [-0.25, -0.2) is 0 Å². The molecule has 0 saturated heterocycles. The van der Waals surface area contributed by atoms with E-state index >= 15 is 0 Å². The molecule has 0 fully saturated rings. The van der Waals surface area contributed by atoms with Crippen LogP contribution in [0.15, 0.2) is 18.5 Å².